The van der Waals surface area contributed by atoms with Gasteiger partial charge in [0, 0.05) is 12.6 Å². The molecule has 1 radical (unpaired) electrons. The zero-order chi connectivity index (χ0) is 6.53. The summed E-state index contributed by atoms with van der Waals surface area (Å²) < 4.78 is 0. The zero-order valence-corrected chi connectivity index (χ0v) is 5.82. The van der Waals surface area contributed by atoms with Gasteiger partial charge in [-0.3, -0.25) is 5.73 Å². The summed E-state index contributed by atoms with van der Waals surface area (Å²) in [5, 5.41) is 3.41. The molecule has 0 amide bonds. The van der Waals surface area contributed by atoms with Crippen molar-refractivity contribution in [1.29, 1.82) is 0 Å². The molecule has 1 aliphatic rings. The van der Waals surface area contributed by atoms with Crippen LogP contribution in [0.4, 0.5) is 0 Å². The summed E-state index contributed by atoms with van der Waals surface area (Å²) in [6.45, 7) is 1.72. The number of hydrogen-bond acceptors (Lipinski definition) is 1. The van der Waals surface area contributed by atoms with Crippen molar-refractivity contribution < 1.29 is 0 Å². The molecule has 0 unspecified atom stereocenters. The minimum absolute atomic E-state index is 0.590. The van der Waals surface area contributed by atoms with Gasteiger partial charge in [-0.15, -0.1) is 0 Å². The molecule has 0 aromatic heterocycles. The van der Waals surface area contributed by atoms with Crippen molar-refractivity contribution in [2.24, 2.45) is 0 Å². The van der Waals surface area contributed by atoms with Gasteiger partial charge in [-0.2, -0.15) is 0 Å². The molecule has 0 atom stereocenters. The summed E-state index contributed by atoms with van der Waals surface area (Å²) in [5.41, 5.74) is 6.88. The van der Waals surface area contributed by atoms with Crippen LogP contribution in [0.25, 0.3) is 0 Å². The molecule has 0 heterocycles. The first kappa shape index (κ1) is 7.03. The monoisotopic (exact) mass is 127 g/mol. The molecule has 0 bridgehead atoms. The van der Waals surface area contributed by atoms with E-state index in [0.717, 1.165) is 19.0 Å². The van der Waals surface area contributed by atoms with Gasteiger partial charge in [0.15, 0.2) is 0 Å². The van der Waals surface area contributed by atoms with E-state index in [0.29, 0.717) is 6.54 Å². The Morgan fingerprint density at radius 3 is 2.67 bits per heavy atom. The van der Waals surface area contributed by atoms with Crippen LogP contribution in [0.2, 0.25) is 0 Å². The normalized spacial score (nSPS) is 18.3. The Balaban J connectivity index is 1.71. The van der Waals surface area contributed by atoms with Gasteiger partial charge in [0.05, 0.1) is 0 Å². The average molecular weight is 127 g/mol. The maximum Gasteiger partial charge on any atom is 0.0100 e. The maximum absolute atomic E-state index is 6.88. The van der Waals surface area contributed by atoms with Crippen molar-refractivity contribution in [3.8, 4) is 0 Å². The van der Waals surface area contributed by atoms with Crippen molar-refractivity contribution in [3.05, 3.63) is 0 Å². The van der Waals surface area contributed by atoms with E-state index in [9.17, 15) is 0 Å². The second-order valence-corrected chi connectivity index (χ2v) is 2.69. The maximum atomic E-state index is 6.88. The lowest BCUT2D eigenvalue weighted by Gasteiger charge is -1.98. The topological polar surface area (TPSA) is 35.8 Å². The molecule has 1 aliphatic carbocycles. The van der Waals surface area contributed by atoms with Gasteiger partial charge in [0.2, 0.25) is 0 Å². The molecular formula is C7H15N2. The minimum atomic E-state index is 0.590. The second kappa shape index (κ2) is 3.85. The van der Waals surface area contributed by atoms with Crippen LogP contribution in [0.15, 0.2) is 0 Å². The molecule has 2 N–H and O–H groups in total. The summed E-state index contributed by atoms with van der Waals surface area (Å²) in [6, 6.07) is 0.843. The SMILES string of the molecule is [NH]CCCCNC1CC1. The lowest BCUT2D eigenvalue weighted by Crippen LogP contribution is -2.17. The van der Waals surface area contributed by atoms with E-state index in [2.05, 4.69) is 5.32 Å². The molecule has 0 aromatic carbocycles. The summed E-state index contributed by atoms with van der Waals surface area (Å²) in [4.78, 5) is 0. The smallest absolute Gasteiger partial charge is 0.0100 e. The van der Waals surface area contributed by atoms with Crippen molar-refractivity contribution >= 4 is 0 Å². The zero-order valence-electron chi connectivity index (χ0n) is 5.82. The van der Waals surface area contributed by atoms with Gasteiger partial charge in [-0.1, -0.05) is 0 Å². The summed E-state index contributed by atoms with van der Waals surface area (Å²) >= 11 is 0. The van der Waals surface area contributed by atoms with Crippen molar-refractivity contribution in [3.63, 3.8) is 0 Å². The Morgan fingerprint density at radius 1 is 1.33 bits per heavy atom. The van der Waals surface area contributed by atoms with Crippen LogP contribution in [0.1, 0.15) is 25.7 Å². The van der Waals surface area contributed by atoms with Gasteiger partial charge >= 0.3 is 0 Å². The van der Waals surface area contributed by atoms with Gasteiger partial charge in [-0.05, 0) is 32.2 Å². The van der Waals surface area contributed by atoms with Gasteiger partial charge in [0.25, 0.3) is 0 Å². The third kappa shape index (κ3) is 3.49. The fourth-order valence-corrected chi connectivity index (χ4v) is 0.844. The molecular weight excluding hydrogens is 112 g/mol. The Morgan fingerprint density at radius 2 is 2.11 bits per heavy atom. The Kier molecular flexibility index (Phi) is 3.01. The fourth-order valence-electron chi connectivity index (χ4n) is 0.844. The Hall–Kier alpha value is -0.0800. The molecule has 1 fully saturated rings. The van der Waals surface area contributed by atoms with E-state index in [4.69, 9.17) is 5.73 Å². The molecule has 0 saturated heterocycles. The van der Waals surface area contributed by atoms with E-state index < -0.39 is 0 Å². The number of nitrogens with one attached hydrogen (secondary N) is 2. The largest absolute Gasteiger partial charge is 0.314 e. The van der Waals surface area contributed by atoms with Crippen molar-refractivity contribution in [2.45, 2.75) is 31.7 Å². The first-order chi connectivity index (χ1) is 4.43. The van der Waals surface area contributed by atoms with Crippen LogP contribution in [0.3, 0.4) is 0 Å². The Labute approximate surface area is 56.8 Å². The third-order valence-corrected chi connectivity index (χ3v) is 1.61. The van der Waals surface area contributed by atoms with Gasteiger partial charge in [0.1, 0.15) is 0 Å². The minimum Gasteiger partial charge on any atom is -0.314 e. The number of unbranched alkanes of at least 4 members (excludes halogenated alkanes) is 1. The predicted molar refractivity (Wildman–Crippen MR) is 38.2 cm³/mol. The molecule has 0 aromatic rings. The highest BCUT2D eigenvalue weighted by Crippen LogP contribution is 2.18. The highest BCUT2D eigenvalue weighted by Gasteiger charge is 2.19. The third-order valence-electron chi connectivity index (χ3n) is 1.61. The molecule has 1 rings (SSSR count). The van der Waals surface area contributed by atoms with Crippen LogP contribution in [0.5, 0.6) is 0 Å². The van der Waals surface area contributed by atoms with Crippen LogP contribution < -0.4 is 11.1 Å². The Bertz CT molecular complexity index is 69.3. The van der Waals surface area contributed by atoms with Crippen LogP contribution in [-0.4, -0.2) is 19.1 Å². The first-order valence-corrected chi connectivity index (χ1v) is 3.81. The molecule has 0 spiro atoms. The molecule has 2 heteroatoms. The van der Waals surface area contributed by atoms with Crippen molar-refractivity contribution in [1.82, 2.24) is 11.1 Å². The molecule has 53 valence electrons. The number of rotatable bonds is 5. The standard InChI is InChI=1S/C7H15N2/c8-5-1-2-6-9-7-3-4-7/h7-9H,1-6H2. The highest BCUT2D eigenvalue weighted by molar-refractivity contribution is 4.80. The molecule has 1 saturated carbocycles. The summed E-state index contributed by atoms with van der Waals surface area (Å²) in [7, 11) is 0. The molecule has 2 nitrogen and oxygen atoms in total. The van der Waals surface area contributed by atoms with E-state index in [1.165, 1.54) is 19.3 Å². The van der Waals surface area contributed by atoms with Crippen LogP contribution in [-0.2, 0) is 0 Å². The van der Waals surface area contributed by atoms with E-state index >= 15 is 0 Å². The van der Waals surface area contributed by atoms with E-state index in [1.54, 1.807) is 0 Å². The fraction of sp³-hybridized carbons (Fsp3) is 1.00. The van der Waals surface area contributed by atoms with Crippen LogP contribution >= 0.6 is 0 Å². The molecule has 0 aliphatic heterocycles. The van der Waals surface area contributed by atoms with E-state index in [1.807, 2.05) is 0 Å². The average Bonchev–Trinajstić information content (AvgIpc) is 2.63. The first-order valence-electron chi connectivity index (χ1n) is 3.81. The highest BCUT2D eigenvalue weighted by atomic mass is 14.9. The lowest BCUT2D eigenvalue weighted by molar-refractivity contribution is 0.621. The predicted octanol–water partition coefficient (Wildman–Crippen LogP) is 0.801. The summed E-state index contributed by atoms with van der Waals surface area (Å²) in [5.74, 6) is 0. The van der Waals surface area contributed by atoms with Gasteiger partial charge < -0.3 is 5.32 Å². The molecule has 9 heavy (non-hydrogen) atoms. The van der Waals surface area contributed by atoms with E-state index in [-0.39, 0.29) is 0 Å². The second-order valence-electron chi connectivity index (χ2n) is 2.69. The van der Waals surface area contributed by atoms with Crippen molar-refractivity contribution in [2.75, 3.05) is 13.1 Å². The quantitative estimate of drug-likeness (QED) is 0.545. The number of hydrogen-bond donors (Lipinski definition) is 1. The lowest BCUT2D eigenvalue weighted by atomic mass is 10.3. The van der Waals surface area contributed by atoms with Gasteiger partial charge in [-0.25, -0.2) is 0 Å². The summed E-state index contributed by atoms with van der Waals surface area (Å²) in [6.07, 6.45) is 4.99. The van der Waals surface area contributed by atoms with Crippen LogP contribution in [0, 0.1) is 0 Å².